The van der Waals surface area contributed by atoms with Crippen LogP contribution >= 0.6 is 0 Å². The predicted octanol–water partition coefficient (Wildman–Crippen LogP) is 0.232. The van der Waals surface area contributed by atoms with E-state index in [0.29, 0.717) is 6.04 Å². The standard InChI is InChI=1S/C9H17NO2/c11-9-3-1-2-8(9)10-4-6-12-7-5-10/h8-9,11H,1-7H2/t8?,9-/m1/s1. The van der Waals surface area contributed by atoms with E-state index >= 15 is 0 Å². The molecule has 3 heteroatoms. The van der Waals surface area contributed by atoms with Gasteiger partial charge in [0.15, 0.2) is 0 Å². The molecule has 1 aliphatic carbocycles. The van der Waals surface area contributed by atoms with Crippen molar-refractivity contribution in [3.05, 3.63) is 0 Å². The van der Waals surface area contributed by atoms with Crippen LogP contribution in [-0.4, -0.2) is 48.5 Å². The molecule has 3 nitrogen and oxygen atoms in total. The summed E-state index contributed by atoms with van der Waals surface area (Å²) in [4.78, 5) is 2.38. The third-order valence-corrected chi connectivity index (χ3v) is 2.96. The molecule has 2 atom stereocenters. The van der Waals surface area contributed by atoms with E-state index in [1.807, 2.05) is 0 Å². The Labute approximate surface area is 73.3 Å². The summed E-state index contributed by atoms with van der Waals surface area (Å²) in [6.45, 7) is 3.68. The van der Waals surface area contributed by atoms with Crippen molar-refractivity contribution >= 4 is 0 Å². The molecule has 1 heterocycles. The molecule has 0 aromatic rings. The Kier molecular flexibility index (Phi) is 2.63. The second-order valence-electron chi connectivity index (χ2n) is 3.71. The van der Waals surface area contributed by atoms with Crippen LogP contribution in [0.3, 0.4) is 0 Å². The van der Waals surface area contributed by atoms with E-state index in [9.17, 15) is 5.11 Å². The summed E-state index contributed by atoms with van der Waals surface area (Å²) in [6, 6.07) is 0.425. The van der Waals surface area contributed by atoms with Gasteiger partial charge in [-0.05, 0) is 19.3 Å². The first kappa shape index (κ1) is 8.48. The molecular weight excluding hydrogens is 154 g/mol. The molecule has 2 rings (SSSR count). The van der Waals surface area contributed by atoms with Gasteiger partial charge in [-0.3, -0.25) is 4.90 Å². The summed E-state index contributed by atoms with van der Waals surface area (Å²) in [6.07, 6.45) is 3.26. The van der Waals surface area contributed by atoms with Crippen molar-refractivity contribution in [3.63, 3.8) is 0 Å². The Bertz CT molecular complexity index is 145. The first-order valence-electron chi connectivity index (χ1n) is 4.88. The van der Waals surface area contributed by atoms with Gasteiger partial charge in [-0.15, -0.1) is 0 Å². The molecule has 12 heavy (non-hydrogen) atoms. The summed E-state index contributed by atoms with van der Waals surface area (Å²) < 4.78 is 5.27. The summed E-state index contributed by atoms with van der Waals surface area (Å²) in [5.41, 5.74) is 0. The molecule has 0 amide bonds. The highest BCUT2D eigenvalue weighted by Gasteiger charge is 2.31. The molecule has 1 unspecified atom stereocenters. The molecule has 1 saturated carbocycles. The Morgan fingerprint density at radius 2 is 1.92 bits per heavy atom. The highest BCUT2D eigenvalue weighted by molar-refractivity contribution is 4.85. The van der Waals surface area contributed by atoms with Gasteiger partial charge in [0.2, 0.25) is 0 Å². The maximum Gasteiger partial charge on any atom is 0.0695 e. The monoisotopic (exact) mass is 171 g/mol. The van der Waals surface area contributed by atoms with Gasteiger partial charge in [0.25, 0.3) is 0 Å². The molecule has 0 aromatic heterocycles. The molecule has 1 saturated heterocycles. The lowest BCUT2D eigenvalue weighted by molar-refractivity contribution is -0.0113. The van der Waals surface area contributed by atoms with Crippen LogP contribution in [0.25, 0.3) is 0 Å². The number of hydrogen-bond donors (Lipinski definition) is 1. The Balaban J connectivity index is 1.89. The average Bonchev–Trinajstić information content (AvgIpc) is 2.53. The zero-order valence-electron chi connectivity index (χ0n) is 7.41. The second kappa shape index (κ2) is 3.73. The molecule has 0 aromatic carbocycles. The van der Waals surface area contributed by atoms with E-state index < -0.39 is 0 Å². The van der Waals surface area contributed by atoms with Gasteiger partial charge in [0.1, 0.15) is 0 Å². The maximum absolute atomic E-state index is 9.66. The Morgan fingerprint density at radius 1 is 1.17 bits per heavy atom. The molecule has 1 aliphatic heterocycles. The number of hydrogen-bond acceptors (Lipinski definition) is 3. The second-order valence-corrected chi connectivity index (χ2v) is 3.71. The summed E-state index contributed by atoms with van der Waals surface area (Å²) in [5.74, 6) is 0. The first-order chi connectivity index (χ1) is 5.88. The highest BCUT2D eigenvalue weighted by atomic mass is 16.5. The van der Waals surface area contributed by atoms with Crippen LogP contribution < -0.4 is 0 Å². The predicted molar refractivity (Wildman–Crippen MR) is 46.0 cm³/mol. The van der Waals surface area contributed by atoms with E-state index in [1.165, 1.54) is 12.8 Å². The fraction of sp³-hybridized carbons (Fsp3) is 1.00. The van der Waals surface area contributed by atoms with Crippen LogP contribution in [0.4, 0.5) is 0 Å². The Morgan fingerprint density at radius 3 is 2.50 bits per heavy atom. The van der Waals surface area contributed by atoms with Gasteiger partial charge in [-0.2, -0.15) is 0 Å². The number of ether oxygens (including phenoxy) is 1. The number of nitrogens with zero attached hydrogens (tertiary/aromatic N) is 1. The molecule has 0 bridgehead atoms. The van der Waals surface area contributed by atoms with E-state index in [4.69, 9.17) is 4.74 Å². The van der Waals surface area contributed by atoms with Crippen molar-refractivity contribution in [2.75, 3.05) is 26.3 Å². The molecule has 0 spiro atoms. The average molecular weight is 171 g/mol. The van der Waals surface area contributed by atoms with E-state index in [1.54, 1.807) is 0 Å². The third kappa shape index (κ3) is 1.63. The van der Waals surface area contributed by atoms with Crippen molar-refractivity contribution in [1.82, 2.24) is 4.90 Å². The van der Waals surface area contributed by atoms with E-state index in [2.05, 4.69) is 4.90 Å². The highest BCUT2D eigenvalue weighted by Crippen LogP contribution is 2.24. The fourth-order valence-electron chi connectivity index (χ4n) is 2.26. The lowest BCUT2D eigenvalue weighted by Crippen LogP contribution is -2.46. The quantitative estimate of drug-likeness (QED) is 0.613. The number of morpholine rings is 1. The minimum absolute atomic E-state index is 0.0805. The van der Waals surface area contributed by atoms with E-state index in [-0.39, 0.29) is 6.10 Å². The smallest absolute Gasteiger partial charge is 0.0695 e. The molecule has 0 radical (unpaired) electrons. The molecule has 70 valence electrons. The van der Waals surface area contributed by atoms with Crippen molar-refractivity contribution in [2.24, 2.45) is 0 Å². The number of aliphatic hydroxyl groups is 1. The SMILES string of the molecule is O[C@@H]1CCCC1N1CCOCC1. The van der Waals surface area contributed by atoms with Crippen LogP contribution in [0.5, 0.6) is 0 Å². The van der Waals surface area contributed by atoms with Gasteiger partial charge < -0.3 is 9.84 Å². The molecule has 2 aliphatic rings. The molecular formula is C9H17NO2. The van der Waals surface area contributed by atoms with Gasteiger partial charge in [0.05, 0.1) is 19.3 Å². The number of rotatable bonds is 1. The topological polar surface area (TPSA) is 32.7 Å². The minimum Gasteiger partial charge on any atom is -0.391 e. The lowest BCUT2D eigenvalue weighted by Gasteiger charge is -2.33. The zero-order valence-corrected chi connectivity index (χ0v) is 7.41. The van der Waals surface area contributed by atoms with E-state index in [0.717, 1.165) is 32.7 Å². The van der Waals surface area contributed by atoms with Crippen LogP contribution in [-0.2, 0) is 4.74 Å². The van der Waals surface area contributed by atoms with Crippen LogP contribution in [0.15, 0.2) is 0 Å². The first-order valence-corrected chi connectivity index (χ1v) is 4.88. The van der Waals surface area contributed by atoms with Crippen molar-refractivity contribution in [3.8, 4) is 0 Å². The summed E-state index contributed by atoms with van der Waals surface area (Å²) >= 11 is 0. The van der Waals surface area contributed by atoms with Crippen molar-refractivity contribution in [1.29, 1.82) is 0 Å². The van der Waals surface area contributed by atoms with Crippen molar-refractivity contribution in [2.45, 2.75) is 31.4 Å². The Hall–Kier alpha value is -0.120. The van der Waals surface area contributed by atoms with Crippen molar-refractivity contribution < 1.29 is 9.84 Å². The number of aliphatic hydroxyl groups excluding tert-OH is 1. The van der Waals surface area contributed by atoms with Crippen LogP contribution in [0.2, 0.25) is 0 Å². The third-order valence-electron chi connectivity index (χ3n) is 2.96. The van der Waals surface area contributed by atoms with Gasteiger partial charge in [0, 0.05) is 19.1 Å². The summed E-state index contributed by atoms with van der Waals surface area (Å²) in [7, 11) is 0. The van der Waals surface area contributed by atoms with Crippen LogP contribution in [0.1, 0.15) is 19.3 Å². The zero-order chi connectivity index (χ0) is 8.39. The normalized spacial score (nSPS) is 38.8. The minimum atomic E-state index is -0.0805. The fourth-order valence-corrected chi connectivity index (χ4v) is 2.26. The van der Waals surface area contributed by atoms with Crippen LogP contribution in [0, 0.1) is 0 Å². The summed E-state index contributed by atoms with van der Waals surface area (Å²) in [5, 5.41) is 9.66. The molecule has 1 N–H and O–H groups in total. The van der Waals surface area contributed by atoms with Gasteiger partial charge in [-0.25, -0.2) is 0 Å². The largest absolute Gasteiger partial charge is 0.391 e. The molecule has 2 fully saturated rings. The lowest BCUT2D eigenvalue weighted by atomic mass is 10.1. The van der Waals surface area contributed by atoms with Gasteiger partial charge in [-0.1, -0.05) is 0 Å². The maximum atomic E-state index is 9.66. The van der Waals surface area contributed by atoms with Gasteiger partial charge >= 0.3 is 0 Å².